The van der Waals surface area contributed by atoms with Crippen molar-refractivity contribution < 1.29 is 0 Å². The number of aryl methyl sites for hydroxylation is 1. The largest absolute Gasteiger partial charge is 0.191 e. The van der Waals surface area contributed by atoms with Crippen molar-refractivity contribution in [2.24, 2.45) is 0 Å². The molecule has 1 aromatic carbocycles. The van der Waals surface area contributed by atoms with Crippen molar-refractivity contribution in [2.45, 2.75) is 13.8 Å². The molecule has 0 saturated carbocycles. The third kappa shape index (κ3) is 2.25. The van der Waals surface area contributed by atoms with Crippen LogP contribution >= 0.6 is 43.5 Å². The van der Waals surface area contributed by atoms with Gasteiger partial charge in [-0.25, -0.2) is 0 Å². The average Bonchev–Trinajstić information content (AvgIpc) is 2.78. The van der Waals surface area contributed by atoms with Crippen molar-refractivity contribution in [3.63, 3.8) is 0 Å². The van der Waals surface area contributed by atoms with Crippen LogP contribution in [0.15, 0.2) is 27.1 Å². The first kappa shape index (κ1) is 14.0. The first-order valence-corrected chi connectivity index (χ1v) is 7.78. The van der Waals surface area contributed by atoms with Crippen LogP contribution in [0.25, 0.3) is 17.0 Å². The summed E-state index contributed by atoms with van der Waals surface area (Å²) in [4.78, 5) is 0. The van der Waals surface area contributed by atoms with Gasteiger partial charge < -0.3 is 0 Å². The highest BCUT2D eigenvalue weighted by Crippen LogP contribution is 2.28. The SMILES string of the molecule is Cc1c(Cl)nn2c(-c3cc(Br)cc(Br)c3)nnc2c1C. The number of hydrogen-bond donors (Lipinski definition) is 0. The molecule has 0 aliphatic rings. The van der Waals surface area contributed by atoms with E-state index in [2.05, 4.69) is 47.2 Å². The quantitative estimate of drug-likeness (QED) is 0.583. The molecule has 102 valence electrons. The summed E-state index contributed by atoms with van der Waals surface area (Å²) >= 11 is 13.1. The molecular weight excluding hydrogens is 407 g/mol. The van der Waals surface area contributed by atoms with Crippen molar-refractivity contribution in [3.8, 4) is 11.4 Å². The second kappa shape index (κ2) is 5.09. The fourth-order valence-electron chi connectivity index (χ4n) is 1.96. The smallest absolute Gasteiger partial charge is 0.185 e. The Kier molecular flexibility index (Phi) is 3.56. The molecule has 0 aliphatic carbocycles. The molecule has 20 heavy (non-hydrogen) atoms. The molecule has 3 rings (SSSR count). The fraction of sp³-hybridized carbons (Fsp3) is 0.154. The van der Waals surface area contributed by atoms with Gasteiger partial charge in [-0.2, -0.15) is 9.61 Å². The Bertz CT molecular complexity index is 809. The van der Waals surface area contributed by atoms with E-state index in [1.54, 1.807) is 4.52 Å². The van der Waals surface area contributed by atoms with Crippen molar-refractivity contribution in [1.29, 1.82) is 0 Å². The van der Waals surface area contributed by atoms with Crippen LogP contribution < -0.4 is 0 Å². The zero-order chi connectivity index (χ0) is 14.4. The normalized spacial score (nSPS) is 11.2. The molecule has 0 atom stereocenters. The lowest BCUT2D eigenvalue weighted by molar-refractivity contribution is 0.919. The Morgan fingerprint density at radius 3 is 2.30 bits per heavy atom. The van der Waals surface area contributed by atoms with Crippen molar-refractivity contribution in [2.75, 3.05) is 0 Å². The summed E-state index contributed by atoms with van der Waals surface area (Å²) in [6, 6.07) is 5.89. The van der Waals surface area contributed by atoms with E-state index < -0.39 is 0 Å². The molecule has 0 unspecified atom stereocenters. The molecule has 0 saturated heterocycles. The molecule has 3 aromatic rings. The van der Waals surface area contributed by atoms with Crippen LogP contribution in [0.1, 0.15) is 11.1 Å². The zero-order valence-corrected chi connectivity index (χ0v) is 14.6. The molecule has 2 aromatic heterocycles. The lowest BCUT2D eigenvalue weighted by Gasteiger charge is -2.05. The Balaban J connectivity index is 2.32. The van der Waals surface area contributed by atoms with E-state index >= 15 is 0 Å². The monoisotopic (exact) mass is 414 g/mol. The number of hydrogen-bond acceptors (Lipinski definition) is 3. The van der Waals surface area contributed by atoms with Crippen LogP contribution in [-0.2, 0) is 0 Å². The molecule has 0 aliphatic heterocycles. The molecule has 0 spiro atoms. The van der Waals surface area contributed by atoms with Crippen molar-refractivity contribution in [3.05, 3.63) is 43.4 Å². The minimum absolute atomic E-state index is 0.463. The van der Waals surface area contributed by atoms with Gasteiger partial charge in [0.1, 0.15) is 0 Å². The van der Waals surface area contributed by atoms with E-state index in [0.717, 1.165) is 31.3 Å². The highest BCUT2D eigenvalue weighted by atomic mass is 79.9. The van der Waals surface area contributed by atoms with E-state index in [-0.39, 0.29) is 0 Å². The van der Waals surface area contributed by atoms with E-state index in [9.17, 15) is 0 Å². The third-order valence-electron chi connectivity index (χ3n) is 3.16. The highest BCUT2D eigenvalue weighted by molar-refractivity contribution is 9.11. The van der Waals surface area contributed by atoms with Crippen LogP contribution in [0.3, 0.4) is 0 Å². The number of rotatable bonds is 1. The van der Waals surface area contributed by atoms with Crippen LogP contribution in [-0.4, -0.2) is 19.8 Å². The van der Waals surface area contributed by atoms with Gasteiger partial charge in [0, 0.05) is 20.1 Å². The Morgan fingerprint density at radius 1 is 1.00 bits per heavy atom. The van der Waals surface area contributed by atoms with Gasteiger partial charge in [0.25, 0.3) is 0 Å². The average molecular weight is 417 g/mol. The second-order valence-electron chi connectivity index (χ2n) is 4.46. The summed E-state index contributed by atoms with van der Waals surface area (Å²) in [6.45, 7) is 3.89. The minimum atomic E-state index is 0.463. The summed E-state index contributed by atoms with van der Waals surface area (Å²) in [7, 11) is 0. The Labute approximate surface area is 137 Å². The predicted molar refractivity (Wildman–Crippen MR) is 86.1 cm³/mol. The summed E-state index contributed by atoms with van der Waals surface area (Å²) in [5, 5.41) is 13.3. The van der Waals surface area contributed by atoms with Gasteiger partial charge in [-0.1, -0.05) is 43.5 Å². The molecule has 0 bridgehead atoms. The second-order valence-corrected chi connectivity index (χ2v) is 6.65. The fourth-order valence-corrected chi connectivity index (χ4v) is 3.47. The number of halogens is 3. The van der Waals surface area contributed by atoms with Crippen LogP contribution in [0.5, 0.6) is 0 Å². The summed E-state index contributed by atoms with van der Waals surface area (Å²) in [5.41, 5.74) is 3.54. The van der Waals surface area contributed by atoms with Gasteiger partial charge >= 0.3 is 0 Å². The van der Waals surface area contributed by atoms with E-state index in [0.29, 0.717) is 11.0 Å². The van der Waals surface area contributed by atoms with Crippen LogP contribution in [0, 0.1) is 13.8 Å². The highest BCUT2D eigenvalue weighted by Gasteiger charge is 2.15. The van der Waals surface area contributed by atoms with Gasteiger partial charge in [0.2, 0.25) is 0 Å². The number of aromatic nitrogens is 4. The van der Waals surface area contributed by atoms with Gasteiger partial charge in [0.15, 0.2) is 16.6 Å². The molecule has 0 N–H and O–H groups in total. The summed E-state index contributed by atoms with van der Waals surface area (Å²) in [5.74, 6) is 0.659. The van der Waals surface area contributed by atoms with Crippen LogP contribution in [0.4, 0.5) is 0 Å². The van der Waals surface area contributed by atoms with Crippen LogP contribution in [0.2, 0.25) is 5.15 Å². The molecule has 2 heterocycles. The topological polar surface area (TPSA) is 43.1 Å². The molecular formula is C13H9Br2ClN4. The van der Waals surface area contributed by atoms with Gasteiger partial charge in [-0.05, 0) is 37.6 Å². The predicted octanol–water partition coefficient (Wildman–Crippen LogP) is 4.59. The minimum Gasteiger partial charge on any atom is -0.191 e. The molecule has 4 nitrogen and oxygen atoms in total. The summed E-state index contributed by atoms with van der Waals surface area (Å²) in [6.07, 6.45) is 0. The van der Waals surface area contributed by atoms with Crippen molar-refractivity contribution in [1.82, 2.24) is 19.8 Å². The Morgan fingerprint density at radius 2 is 1.65 bits per heavy atom. The molecule has 7 heteroatoms. The zero-order valence-electron chi connectivity index (χ0n) is 10.7. The lowest BCUT2D eigenvalue weighted by atomic mass is 10.2. The number of benzene rings is 1. The maximum absolute atomic E-state index is 6.17. The maximum atomic E-state index is 6.17. The number of nitrogens with zero attached hydrogens (tertiary/aromatic N) is 4. The Hall–Kier alpha value is -0.980. The molecule has 0 radical (unpaired) electrons. The van der Waals surface area contributed by atoms with Gasteiger partial charge in [-0.15, -0.1) is 10.2 Å². The third-order valence-corrected chi connectivity index (χ3v) is 4.43. The maximum Gasteiger partial charge on any atom is 0.185 e. The lowest BCUT2D eigenvalue weighted by Crippen LogP contribution is -2.00. The van der Waals surface area contributed by atoms with E-state index in [1.807, 2.05) is 32.0 Å². The summed E-state index contributed by atoms with van der Waals surface area (Å²) < 4.78 is 3.58. The van der Waals surface area contributed by atoms with Gasteiger partial charge in [-0.3, -0.25) is 0 Å². The van der Waals surface area contributed by atoms with Crippen molar-refractivity contribution >= 4 is 49.1 Å². The standard InChI is InChI=1S/C13H9Br2ClN4/c1-6-7(2)12-17-18-13(20(12)19-11(6)16)8-3-9(14)5-10(15)4-8/h3-5H,1-2H3. The first-order valence-electron chi connectivity index (χ1n) is 5.82. The molecule has 0 amide bonds. The molecule has 0 fully saturated rings. The van der Waals surface area contributed by atoms with E-state index in [4.69, 9.17) is 11.6 Å². The number of fused-ring (bicyclic) bond motifs is 1. The first-order chi connectivity index (χ1) is 9.47. The van der Waals surface area contributed by atoms with E-state index in [1.165, 1.54) is 0 Å². The van der Waals surface area contributed by atoms with Gasteiger partial charge in [0.05, 0.1) is 0 Å².